The van der Waals surface area contributed by atoms with Crippen molar-refractivity contribution >= 4 is 33.4 Å². The van der Waals surface area contributed by atoms with Crippen LogP contribution in [0, 0.1) is 11.7 Å². The van der Waals surface area contributed by atoms with Crippen molar-refractivity contribution in [1.29, 1.82) is 0 Å². The Bertz CT molecular complexity index is 1990. The van der Waals surface area contributed by atoms with E-state index in [0.29, 0.717) is 23.7 Å². The van der Waals surface area contributed by atoms with Crippen molar-refractivity contribution in [2.45, 2.75) is 19.3 Å². The Morgan fingerprint density at radius 3 is 2.73 bits per heavy atom. The van der Waals surface area contributed by atoms with E-state index in [2.05, 4.69) is 30.5 Å². The van der Waals surface area contributed by atoms with E-state index >= 15 is 0 Å². The van der Waals surface area contributed by atoms with E-state index < -0.39 is 0 Å². The van der Waals surface area contributed by atoms with Gasteiger partial charge in [-0.05, 0) is 74.5 Å². The maximum absolute atomic E-state index is 14.7. The van der Waals surface area contributed by atoms with Crippen LogP contribution < -0.4 is 10.1 Å². The predicted molar refractivity (Wildman–Crippen MR) is 170 cm³/mol. The molecule has 0 atom stereocenters. The lowest BCUT2D eigenvalue weighted by Crippen LogP contribution is -2.28. The third-order valence-electron chi connectivity index (χ3n) is 8.13. The van der Waals surface area contributed by atoms with Crippen LogP contribution in [0.2, 0.25) is 0 Å². The van der Waals surface area contributed by atoms with E-state index in [4.69, 9.17) is 4.74 Å². The number of likely N-dealkylation sites (N-methyl/N-ethyl adjacent to an activating group) is 1. The third kappa shape index (κ3) is 5.51. The molecule has 222 valence electrons. The van der Waals surface area contributed by atoms with Gasteiger partial charge < -0.3 is 19.9 Å². The number of amides is 1. The number of pyridine rings is 2. The van der Waals surface area contributed by atoms with Gasteiger partial charge in [-0.15, -0.1) is 0 Å². The van der Waals surface area contributed by atoms with Crippen LogP contribution in [0.5, 0.6) is 5.75 Å². The standard InChI is InChI=1S/C34H32FN7O2/c1-42(2)9-10-44-25-13-21(11-23(35)14-25)26-7-4-8-29-27(26)15-31(39-29)33-28-16-30(37-19-32(28)40-41-33)22-12-24(18-36-17-22)38-34(43)20-5-3-6-20/h4,7-8,11-20,39H,3,5-6,9-10H2,1-2H3,(H,38,43)(H,40,41). The van der Waals surface area contributed by atoms with E-state index in [1.165, 1.54) is 12.1 Å². The number of H-pyrrole nitrogens is 2. The number of aromatic amines is 2. The maximum atomic E-state index is 14.7. The minimum absolute atomic E-state index is 0.0419. The zero-order valence-corrected chi connectivity index (χ0v) is 24.5. The summed E-state index contributed by atoms with van der Waals surface area (Å²) in [4.78, 5) is 27.0. The Kier molecular flexibility index (Phi) is 7.27. The van der Waals surface area contributed by atoms with Gasteiger partial charge in [0.05, 0.1) is 35.0 Å². The summed E-state index contributed by atoms with van der Waals surface area (Å²) < 4.78 is 20.5. The molecule has 0 aliphatic heterocycles. The first kappa shape index (κ1) is 27.7. The molecule has 6 aromatic rings. The van der Waals surface area contributed by atoms with Gasteiger partial charge in [-0.2, -0.15) is 5.10 Å². The summed E-state index contributed by atoms with van der Waals surface area (Å²) in [5.41, 5.74) is 7.02. The van der Waals surface area contributed by atoms with Crippen molar-refractivity contribution in [2.75, 3.05) is 32.6 Å². The first-order chi connectivity index (χ1) is 21.4. The van der Waals surface area contributed by atoms with Crippen LogP contribution >= 0.6 is 0 Å². The number of rotatable bonds is 9. The molecule has 3 N–H and O–H groups in total. The summed E-state index contributed by atoms with van der Waals surface area (Å²) >= 11 is 0. The Balaban J connectivity index is 1.21. The van der Waals surface area contributed by atoms with E-state index in [1.807, 2.05) is 61.5 Å². The fraction of sp³-hybridized carbons (Fsp3) is 0.235. The molecule has 0 bridgehead atoms. The lowest BCUT2D eigenvalue weighted by molar-refractivity contribution is -0.122. The summed E-state index contributed by atoms with van der Waals surface area (Å²) in [7, 11) is 3.94. The van der Waals surface area contributed by atoms with Crippen molar-refractivity contribution in [3.63, 3.8) is 0 Å². The monoisotopic (exact) mass is 589 g/mol. The molecule has 0 unspecified atom stereocenters. The van der Waals surface area contributed by atoms with E-state index in [9.17, 15) is 9.18 Å². The summed E-state index contributed by atoms with van der Waals surface area (Å²) in [5, 5.41) is 12.5. The molecule has 1 aliphatic carbocycles. The van der Waals surface area contributed by atoms with Crippen molar-refractivity contribution in [1.82, 2.24) is 30.0 Å². The summed E-state index contributed by atoms with van der Waals surface area (Å²) in [6, 6.07) is 16.6. The number of nitrogens with one attached hydrogen (secondary N) is 3. The molecular weight excluding hydrogens is 557 g/mol. The van der Waals surface area contributed by atoms with Crippen LogP contribution in [0.4, 0.5) is 10.1 Å². The van der Waals surface area contributed by atoms with Gasteiger partial charge in [0.1, 0.15) is 23.9 Å². The number of ether oxygens (including phenoxy) is 1. The summed E-state index contributed by atoms with van der Waals surface area (Å²) in [5.74, 6) is 0.270. The molecule has 10 heteroatoms. The quantitative estimate of drug-likeness (QED) is 0.174. The number of halogens is 1. The molecule has 0 saturated heterocycles. The van der Waals surface area contributed by atoms with Gasteiger partial charge in [0.25, 0.3) is 0 Å². The molecule has 0 spiro atoms. The maximum Gasteiger partial charge on any atom is 0.227 e. The van der Waals surface area contributed by atoms with Gasteiger partial charge in [-0.1, -0.05) is 18.6 Å². The van der Waals surface area contributed by atoms with Crippen LogP contribution in [-0.4, -0.2) is 63.2 Å². The number of nitrogens with zero attached hydrogens (tertiary/aromatic N) is 4. The number of anilines is 1. The highest BCUT2D eigenvalue weighted by Crippen LogP contribution is 2.36. The highest BCUT2D eigenvalue weighted by atomic mass is 19.1. The van der Waals surface area contributed by atoms with Crippen molar-refractivity contribution in [3.05, 3.63) is 79.0 Å². The Hall–Kier alpha value is -5.09. The molecule has 9 nitrogen and oxygen atoms in total. The highest BCUT2D eigenvalue weighted by molar-refractivity contribution is 6.01. The number of fused-ring (bicyclic) bond motifs is 2. The Morgan fingerprint density at radius 1 is 1.02 bits per heavy atom. The van der Waals surface area contributed by atoms with Crippen molar-refractivity contribution in [3.8, 4) is 39.5 Å². The molecule has 4 heterocycles. The zero-order valence-electron chi connectivity index (χ0n) is 24.5. The number of carbonyl (C=O) groups excluding carboxylic acids is 1. The van der Waals surface area contributed by atoms with Crippen LogP contribution in [0.25, 0.3) is 55.6 Å². The molecule has 44 heavy (non-hydrogen) atoms. The number of carbonyl (C=O) groups is 1. The largest absolute Gasteiger partial charge is 0.492 e. The van der Waals surface area contributed by atoms with Crippen molar-refractivity contribution < 1.29 is 13.9 Å². The lowest BCUT2D eigenvalue weighted by Gasteiger charge is -2.24. The summed E-state index contributed by atoms with van der Waals surface area (Å²) in [6.07, 6.45) is 8.11. The first-order valence-corrected chi connectivity index (χ1v) is 14.7. The molecule has 0 radical (unpaired) electrons. The van der Waals surface area contributed by atoms with E-state index in [0.717, 1.165) is 75.7 Å². The Morgan fingerprint density at radius 2 is 1.91 bits per heavy atom. The summed E-state index contributed by atoms with van der Waals surface area (Å²) in [6.45, 7) is 1.20. The van der Waals surface area contributed by atoms with Gasteiger partial charge in [-0.25, -0.2) is 4.39 Å². The second-order valence-corrected chi connectivity index (χ2v) is 11.5. The SMILES string of the molecule is CN(C)CCOc1cc(F)cc(-c2cccc3[nH]c(-c4n[nH]c5cnc(-c6cncc(NC(=O)C7CCC7)c6)cc45)cc23)c1. The fourth-order valence-corrected chi connectivity index (χ4v) is 5.53. The van der Waals surface area contributed by atoms with Crippen LogP contribution in [0.3, 0.4) is 0 Å². The van der Waals surface area contributed by atoms with Gasteiger partial charge in [0.2, 0.25) is 5.91 Å². The van der Waals surface area contributed by atoms with Crippen molar-refractivity contribution in [2.24, 2.45) is 5.92 Å². The molecule has 2 aromatic carbocycles. The molecule has 1 aliphatic rings. The highest BCUT2D eigenvalue weighted by Gasteiger charge is 2.25. The molecule has 1 amide bonds. The third-order valence-corrected chi connectivity index (χ3v) is 8.13. The number of benzene rings is 2. The van der Waals surface area contributed by atoms with Gasteiger partial charge >= 0.3 is 0 Å². The second-order valence-electron chi connectivity index (χ2n) is 11.5. The van der Waals surface area contributed by atoms with Crippen LogP contribution in [0.1, 0.15) is 19.3 Å². The van der Waals surface area contributed by atoms with Crippen LogP contribution in [-0.2, 0) is 4.79 Å². The topological polar surface area (TPSA) is 112 Å². The number of hydrogen-bond donors (Lipinski definition) is 3. The Labute approximate surface area is 253 Å². The smallest absolute Gasteiger partial charge is 0.227 e. The normalized spacial score (nSPS) is 13.5. The molecule has 1 fully saturated rings. The zero-order chi connectivity index (χ0) is 30.2. The van der Waals surface area contributed by atoms with Gasteiger partial charge in [0, 0.05) is 46.6 Å². The minimum Gasteiger partial charge on any atom is -0.492 e. The molecule has 1 saturated carbocycles. The second kappa shape index (κ2) is 11.5. The van der Waals surface area contributed by atoms with E-state index in [1.54, 1.807) is 18.6 Å². The lowest BCUT2D eigenvalue weighted by atomic mass is 9.85. The molecular formula is C34H32FN7O2. The van der Waals surface area contributed by atoms with Crippen LogP contribution in [0.15, 0.2) is 73.2 Å². The average molecular weight is 590 g/mol. The fourth-order valence-electron chi connectivity index (χ4n) is 5.53. The number of aromatic nitrogens is 5. The first-order valence-electron chi connectivity index (χ1n) is 14.7. The van der Waals surface area contributed by atoms with Gasteiger partial charge in [-0.3, -0.25) is 19.9 Å². The minimum atomic E-state index is -0.352. The molecule has 4 aromatic heterocycles. The average Bonchev–Trinajstić information content (AvgIpc) is 3.59. The van der Waals surface area contributed by atoms with E-state index in [-0.39, 0.29) is 17.6 Å². The number of hydrogen-bond acceptors (Lipinski definition) is 6. The predicted octanol–water partition coefficient (Wildman–Crippen LogP) is 6.65. The van der Waals surface area contributed by atoms with Gasteiger partial charge in [0.15, 0.2) is 0 Å². The molecule has 7 rings (SSSR count).